The summed E-state index contributed by atoms with van der Waals surface area (Å²) in [5.74, 6) is -0.0212. The Morgan fingerprint density at radius 1 is 1.35 bits per heavy atom. The second-order valence-electron chi connectivity index (χ2n) is 3.92. The number of pyridine rings is 1. The molecule has 2 aromatic heterocycles. The van der Waals surface area contributed by atoms with Gasteiger partial charge in [-0.05, 0) is 22.0 Å². The first kappa shape index (κ1) is 10.5. The molecule has 0 saturated carbocycles. The quantitative estimate of drug-likeness (QED) is 0.846. The Morgan fingerprint density at radius 2 is 2.24 bits per heavy atom. The molecular weight excluding hydrogens is 282 g/mol. The number of nitrogens with zero attached hydrogens (tertiary/aromatic N) is 1. The van der Waals surface area contributed by atoms with Crippen LogP contribution in [0.4, 0.5) is 0 Å². The van der Waals surface area contributed by atoms with Gasteiger partial charge in [0.2, 0.25) is 0 Å². The van der Waals surface area contributed by atoms with E-state index in [0.29, 0.717) is 6.54 Å². The lowest BCUT2D eigenvalue weighted by molar-refractivity contribution is 0.0946. The lowest BCUT2D eigenvalue weighted by Crippen LogP contribution is -2.31. The number of carbonyl (C=O) groups is 1. The maximum absolute atomic E-state index is 11.9. The van der Waals surface area contributed by atoms with E-state index in [-0.39, 0.29) is 5.91 Å². The predicted octanol–water partition coefficient (Wildman–Crippen LogP) is 2.13. The third-order valence-corrected chi connectivity index (χ3v) is 3.46. The van der Waals surface area contributed by atoms with Crippen LogP contribution in [0.15, 0.2) is 29.1 Å². The van der Waals surface area contributed by atoms with Gasteiger partial charge >= 0.3 is 0 Å². The molecule has 0 bridgehead atoms. The van der Waals surface area contributed by atoms with Crippen molar-refractivity contribution in [2.24, 2.45) is 0 Å². The number of nitrogens with one attached hydrogen (secondary N) is 2. The van der Waals surface area contributed by atoms with Crippen molar-refractivity contribution in [1.82, 2.24) is 15.3 Å². The van der Waals surface area contributed by atoms with Gasteiger partial charge in [0, 0.05) is 42.2 Å². The SMILES string of the molecule is O=C1NCCc2[nH]c(Br)c(-c3cccnc3)c21. The molecule has 0 saturated heterocycles. The van der Waals surface area contributed by atoms with Gasteiger partial charge in [-0.1, -0.05) is 6.07 Å². The van der Waals surface area contributed by atoms with Crippen LogP contribution in [0.3, 0.4) is 0 Å². The molecule has 3 rings (SSSR count). The van der Waals surface area contributed by atoms with Crippen LogP contribution in [-0.2, 0) is 6.42 Å². The standard InChI is InChI=1S/C12H10BrN3O/c13-11-9(7-2-1-4-14-6-7)10-8(16-11)3-5-15-12(10)17/h1-2,4,6,16H,3,5H2,(H,15,17). The highest BCUT2D eigenvalue weighted by atomic mass is 79.9. The van der Waals surface area contributed by atoms with Crippen molar-refractivity contribution in [1.29, 1.82) is 0 Å². The van der Waals surface area contributed by atoms with Gasteiger partial charge in [0.25, 0.3) is 5.91 Å². The minimum Gasteiger partial charge on any atom is -0.352 e. The highest BCUT2D eigenvalue weighted by molar-refractivity contribution is 9.10. The Hall–Kier alpha value is -1.62. The Morgan fingerprint density at radius 3 is 3.00 bits per heavy atom. The maximum atomic E-state index is 11.9. The Labute approximate surface area is 107 Å². The van der Waals surface area contributed by atoms with Crippen molar-refractivity contribution >= 4 is 21.8 Å². The van der Waals surface area contributed by atoms with E-state index in [2.05, 4.69) is 31.2 Å². The normalized spacial score (nSPS) is 14.3. The number of aromatic nitrogens is 2. The summed E-state index contributed by atoms with van der Waals surface area (Å²) in [6, 6.07) is 3.81. The van der Waals surface area contributed by atoms with Crippen molar-refractivity contribution in [3.8, 4) is 11.1 Å². The average molecular weight is 292 g/mol. The fourth-order valence-electron chi connectivity index (χ4n) is 2.13. The molecule has 5 heteroatoms. The van der Waals surface area contributed by atoms with Gasteiger partial charge in [0.15, 0.2) is 0 Å². The summed E-state index contributed by atoms with van der Waals surface area (Å²) in [4.78, 5) is 19.2. The molecule has 17 heavy (non-hydrogen) atoms. The number of amides is 1. The average Bonchev–Trinajstić information content (AvgIpc) is 2.68. The van der Waals surface area contributed by atoms with E-state index in [4.69, 9.17) is 0 Å². The Bertz CT molecular complexity index is 577. The summed E-state index contributed by atoms with van der Waals surface area (Å²) >= 11 is 3.48. The van der Waals surface area contributed by atoms with Crippen molar-refractivity contribution < 1.29 is 4.79 Å². The number of hydrogen-bond donors (Lipinski definition) is 2. The van der Waals surface area contributed by atoms with Crippen LogP contribution in [-0.4, -0.2) is 22.4 Å². The fourth-order valence-corrected chi connectivity index (χ4v) is 2.79. The molecule has 0 spiro atoms. The van der Waals surface area contributed by atoms with Gasteiger partial charge < -0.3 is 10.3 Å². The molecule has 0 aliphatic carbocycles. The van der Waals surface area contributed by atoms with Crippen LogP contribution in [0.2, 0.25) is 0 Å². The molecule has 0 unspecified atom stereocenters. The largest absolute Gasteiger partial charge is 0.352 e. The molecule has 1 aliphatic heterocycles. The van der Waals surface area contributed by atoms with E-state index < -0.39 is 0 Å². The van der Waals surface area contributed by atoms with Gasteiger partial charge in [-0.15, -0.1) is 0 Å². The summed E-state index contributed by atoms with van der Waals surface area (Å²) in [6.45, 7) is 0.686. The zero-order chi connectivity index (χ0) is 11.8. The summed E-state index contributed by atoms with van der Waals surface area (Å²) in [7, 11) is 0. The number of hydrogen-bond acceptors (Lipinski definition) is 2. The van der Waals surface area contributed by atoms with E-state index in [1.165, 1.54) is 0 Å². The zero-order valence-electron chi connectivity index (χ0n) is 8.96. The van der Waals surface area contributed by atoms with Gasteiger partial charge in [0.05, 0.1) is 10.2 Å². The second kappa shape index (κ2) is 4.00. The Balaban J connectivity index is 2.24. The summed E-state index contributed by atoms with van der Waals surface area (Å²) in [5, 5.41) is 2.86. The molecule has 2 N–H and O–H groups in total. The third-order valence-electron chi connectivity index (χ3n) is 2.87. The van der Waals surface area contributed by atoms with E-state index >= 15 is 0 Å². The number of rotatable bonds is 1. The Kier molecular flexibility index (Phi) is 2.48. The molecule has 3 heterocycles. The maximum Gasteiger partial charge on any atom is 0.253 e. The number of H-pyrrole nitrogens is 1. The molecular formula is C12H10BrN3O. The molecule has 2 aromatic rings. The molecule has 0 aromatic carbocycles. The first-order chi connectivity index (χ1) is 8.27. The molecule has 0 radical (unpaired) electrons. The van der Waals surface area contributed by atoms with E-state index in [9.17, 15) is 4.79 Å². The summed E-state index contributed by atoms with van der Waals surface area (Å²) in [6.07, 6.45) is 4.31. The smallest absolute Gasteiger partial charge is 0.253 e. The minimum atomic E-state index is -0.0212. The fraction of sp³-hybridized carbons (Fsp3) is 0.167. The molecule has 1 amide bonds. The van der Waals surface area contributed by atoms with E-state index in [1.807, 2.05) is 12.1 Å². The van der Waals surface area contributed by atoms with Gasteiger partial charge in [-0.25, -0.2) is 0 Å². The van der Waals surface area contributed by atoms with E-state index in [0.717, 1.165) is 33.4 Å². The van der Waals surface area contributed by atoms with Crippen molar-refractivity contribution in [3.63, 3.8) is 0 Å². The lowest BCUT2D eigenvalue weighted by Gasteiger charge is -2.13. The van der Waals surface area contributed by atoms with Crippen molar-refractivity contribution in [2.75, 3.05) is 6.54 Å². The molecule has 0 atom stereocenters. The summed E-state index contributed by atoms with van der Waals surface area (Å²) < 4.78 is 0.840. The van der Waals surface area contributed by atoms with Gasteiger partial charge in [-0.2, -0.15) is 0 Å². The van der Waals surface area contributed by atoms with Crippen molar-refractivity contribution in [2.45, 2.75) is 6.42 Å². The second-order valence-corrected chi connectivity index (χ2v) is 4.71. The molecule has 0 fully saturated rings. The van der Waals surface area contributed by atoms with Crippen LogP contribution in [0, 0.1) is 0 Å². The number of aromatic amines is 1. The monoisotopic (exact) mass is 291 g/mol. The van der Waals surface area contributed by atoms with Crippen LogP contribution in [0.1, 0.15) is 16.1 Å². The predicted molar refractivity (Wildman–Crippen MR) is 67.8 cm³/mol. The van der Waals surface area contributed by atoms with Crippen LogP contribution in [0.5, 0.6) is 0 Å². The third kappa shape index (κ3) is 1.67. The highest BCUT2D eigenvalue weighted by Crippen LogP contribution is 2.34. The first-order valence-electron chi connectivity index (χ1n) is 5.36. The van der Waals surface area contributed by atoms with Crippen LogP contribution in [0.25, 0.3) is 11.1 Å². The highest BCUT2D eigenvalue weighted by Gasteiger charge is 2.25. The molecule has 4 nitrogen and oxygen atoms in total. The van der Waals surface area contributed by atoms with Gasteiger partial charge in [0.1, 0.15) is 0 Å². The number of carbonyl (C=O) groups excluding carboxylic acids is 1. The summed E-state index contributed by atoms with van der Waals surface area (Å²) in [5.41, 5.74) is 3.55. The molecule has 86 valence electrons. The van der Waals surface area contributed by atoms with E-state index in [1.54, 1.807) is 12.4 Å². The van der Waals surface area contributed by atoms with Crippen LogP contribution >= 0.6 is 15.9 Å². The number of fused-ring (bicyclic) bond motifs is 1. The van der Waals surface area contributed by atoms with Gasteiger partial charge in [-0.3, -0.25) is 9.78 Å². The number of halogens is 1. The lowest BCUT2D eigenvalue weighted by atomic mass is 10.0. The minimum absolute atomic E-state index is 0.0212. The molecule has 1 aliphatic rings. The first-order valence-corrected chi connectivity index (χ1v) is 6.15. The van der Waals surface area contributed by atoms with Crippen molar-refractivity contribution in [3.05, 3.63) is 40.4 Å². The van der Waals surface area contributed by atoms with Crippen LogP contribution < -0.4 is 5.32 Å². The topological polar surface area (TPSA) is 57.8 Å². The zero-order valence-corrected chi connectivity index (χ0v) is 10.5.